The molecule has 4 aromatic rings. The zero-order valence-corrected chi connectivity index (χ0v) is 19.0. The highest BCUT2D eigenvalue weighted by Crippen LogP contribution is 2.20. The number of amides is 1. The number of nitrogens with one attached hydrogen (secondary N) is 3. The third-order valence-electron chi connectivity index (χ3n) is 4.75. The first-order chi connectivity index (χ1) is 16.0. The van der Waals surface area contributed by atoms with Crippen molar-refractivity contribution in [3.63, 3.8) is 0 Å². The van der Waals surface area contributed by atoms with Crippen molar-refractivity contribution in [2.75, 3.05) is 5.32 Å². The number of imidazole rings is 1. The molecule has 0 bridgehead atoms. The second-order valence-corrected chi connectivity index (χ2v) is 8.38. The lowest BCUT2D eigenvalue weighted by molar-refractivity contribution is -0.344. The Balaban J connectivity index is 0.000000406. The van der Waals surface area contributed by atoms with Gasteiger partial charge in [-0.25, -0.2) is 15.0 Å². The fourth-order valence-electron chi connectivity index (χ4n) is 3.01. The van der Waals surface area contributed by atoms with Crippen molar-refractivity contribution in [1.29, 1.82) is 0 Å². The highest BCUT2D eigenvalue weighted by molar-refractivity contribution is 7.07. The summed E-state index contributed by atoms with van der Waals surface area (Å²) in [6, 6.07) is 14.0. The molecular formula is C23H21F3N4O3S. The van der Waals surface area contributed by atoms with E-state index in [1.165, 1.54) is 5.56 Å². The zero-order chi connectivity index (χ0) is 24.9. The number of anilines is 1. The Morgan fingerprint density at radius 1 is 1.18 bits per heavy atom. The number of halogens is 3. The SMILES string of the molecule is CC(C)c1ccc(CC(=O)Nc2ccc3[nH+]c(-c4cscn4)[nH]c3c2)cc1.O=C([O-])C(F)(F)F. The molecule has 4 rings (SSSR count). The summed E-state index contributed by atoms with van der Waals surface area (Å²) < 4.78 is 31.5. The minimum atomic E-state index is -5.19. The Hall–Kier alpha value is -3.73. The number of carbonyl (C=O) groups excluding carboxylic acids is 2. The molecule has 0 unspecified atom stereocenters. The van der Waals surface area contributed by atoms with Gasteiger partial charge < -0.3 is 15.2 Å². The molecule has 0 aliphatic rings. The van der Waals surface area contributed by atoms with Gasteiger partial charge in [-0.2, -0.15) is 13.2 Å². The molecule has 0 atom stereocenters. The Kier molecular flexibility index (Phi) is 7.67. The van der Waals surface area contributed by atoms with Crippen molar-refractivity contribution in [1.82, 2.24) is 9.97 Å². The maximum Gasteiger partial charge on any atom is 0.430 e. The second kappa shape index (κ2) is 10.5. The lowest BCUT2D eigenvalue weighted by atomic mass is 10.0. The number of benzene rings is 2. The van der Waals surface area contributed by atoms with Crippen molar-refractivity contribution in [2.45, 2.75) is 32.4 Å². The molecule has 178 valence electrons. The van der Waals surface area contributed by atoms with Crippen LogP contribution in [0.4, 0.5) is 18.9 Å². The van der Waals surface area contributed by atoms with Crippen molar-refractivity contribution in [2.24, 2.45) is 0 Å². The molecule has 34 heavy (non-hydrogen) atoms. The first kappa shape index (κ1) is 24.9. The minimum absolute atomic E-state index is 0.0260. The molecular weight excluding hydrogens is 469 g/mol. The van der Waals surface area contributed by atoms with Crippen LogP contribution in [0.3, 0.4) is 0 Å². The maximum absolute atomic E-state index is 12.4. The number of fused-ring (bicyclic) bond motifs is 1. The van der Waals surface area contributed by atoms with Gasteiger partial charge >= 0.3 is 12.0 Å². The molecule has 2 aromatic carbocycles. The highest BCUT2D eigenvalue weighted by Gasteiger charge is 2.28. The standard InChI is InChI=1S/C21H20N4OS.C2HF3O2/c1-13(2)15-5-3-14(4-6-15)9-20(26)23-16-7-8-17-18(10-16)25-21(24-17)19-11-27-12-22-19;3-2(4,5)1(6)7/h3-8,10-13H,9H2,1-2H3,(H,23,26)(H,24,25);(H,6,7). The van der Waals surface area contributed by atoms with Crippen LogP contribution < -0.4 is 15.4 Å². The molecule has 1 amide bonds. The molecule has 0 spiro atoms. The van der Waals surface area contributed by atoms with E-state index in [0.717, 1.165) is 33.8 Å². The Labute approximate surface area is 196 Å². The van der Waals surface area contributed by atoms with E-state index in [-0.39, 0.29) is 5.91 Å². The van der Waals surface area contributed by atoms with Gasteiger partial charge in [0.05, 0.1) is 11.9 Å². The number of hydrogen-bond acceptors (Lipinski definition) is 5. The van der Waals surface area contributed by atoms with Gasteiger partial charge in [-0.3, -0.25) is 4.79 Å². The van der Waals surface area contributed by atoms with Crippen molar-refractivity contribution < 1.29 is 32.9 Å². The number of nitrogens with zero attached hydrogens (tertiary/aromatic N) is 1. The van der Waals surface area contributed by atoms with E-state index in [0.29, 0.717) is 12.3 Å². The average Bonchev–Trinajstić information content (AvgIpc) is 3.43. The maximum atomic E-state index is 12.4. The summed E-state index contributed by atoms with van der Waals surface area (Å²) >= 11 is 1.55. The van der Waals surface area contributed by atoms with E-state index in [1.54, 1.807) is 16.8 Å². The predicted octanol–water partition coefficient (Wildman–Crippen LogP) is 3.71. The van der Waals surface area contributed by atoms with Gasteiger partial charge in [0.2, 0.25) is 5.91 Å². The van der Waals surface area contributed by atoms with E-state index in [4.69, 9.17) is 9.90 Å². The first-order valence-corrected chi connectivity index (χ1v) is 11.1. The lowest BCUT2D eigenvalue weighted by Crippen LogP contribution is -2.37. The normalized spacial score (nSPS) is 11.2. The van der Waals surface area contributed by atoms with Crippen LogP contribution in [0, 0.1) is 0 Å². The van der Waals surface area contributed by atoms with Crippen LogP contribution in [0.5, 0.6) is 0 Å². The number of aromatic amines is 2. The number of carboxylic acid groups (broad SMARTS) is 1. The molecule has 2 heterocycles. The van der Waals surface area contributed by atoms with E-state index in [2.05, 4.69) is 46.2 Å². The van der Waals surface area contributed by atoms with Crippen molar-refractivity contribution in [3.05, 3.63) is 64.5 Å². The van der Waals surface area contributed by atoms with Gasteiger partial charge in [0.25, 0.3) is 0 Å². The molecule has 0 aliphatic heterocycles. The molecule has 0 saturated carbocycles. The summed E-state index contributed by atoms with van der Waals surface area (Å²) in [4.78, 5) is 32.1. The van der Waals surface area contributed by atoms with Crippen molar-refractivity contribution >= 4 is 39.9 Å². The van der Waals surface area contributed by atoms with Crippen LogP contribution in [0.2, 0.25) is 0 Å². The fourth-order valence-corrected chi connectivity index (χ4v) is 3.55. The lowest BCUT2D eigenvalue weighted by Gasteiger charge is -2.07. The monoisotopic (exact) mass is 490 g/mol. The van der Waals surface area contributed by atoms with E-state index < -0.39 is 12.1 Å². The number of rotatable bonds is 5. The number of H-pyrrole nitrogens is 2. The third-order valence-corrected chi connectivity index (χ3v) is 5.34. The molecule has 0 saturated heterocycles. The first-order valence-electron chi connectivity index (χ1n) is 10.1. The van der Waals surface area contributed by atoms with Gasteiger partial charge in [0, 0.05) is 17.1 Å². The largest absolute Gasteiger partial charge is 0.542 e. The Morgan fingerprint density at radius 3 is 2.41 bits per heavy atom. The van der Waals surface area contributed by atoms with Gasteiger partial charge in [0.15, 0.2) is 16.7 Å². The summed E-state index contributed by atoms with van der Waals surface area (Å²) in [7, 11) is 0. The topological polar surface area (TPSA) is 112 Å². The van der Waals surface area contributed by atoms with Crippen LogP contribution in [0.15, 0.2) is 53.4 Å². The summed E-state index contributed by atoms with van der Waals surface area (Å²) in [5.41, 5.74) is 7.64. The van der Waals surface area contributed by atoms with Crippen LogP contribution in [0.1, 0.15) is 30.9 Å². The van der Waals surface area contributed by atoms with E-state index in [9.17, 15) is 18.0 Å². The quantitative estimate of drug-likeness (QED) is 0.444. The van der Waals surface area contributed by atoms with Gasteiger partial charge in [0.1, 0.15) is 5.97 Å². The molecule has 0 radical (unpaired) electrons. The minimum Gasteiger partial charge on any atom is -0.542 e. The van der Waals surface area contributed by atoms with Crippen LogP contribution in [-0.2, 0) is 16.0 Å². The molecule has 0 aliphatic carbocycles. The summed E-state index contributed by atoms with van der Waals surface area (Å²) in [6.45, 7) is 4.32. The van der Waals surface area contributed by atoms with Gasteiger partial charge in [-0.05, 0) is 29.2 Å². The molecule has 11 heteroatoms. The summed E-state index contributed by atoms with van der Waals surface area (Å²) in [5.74, 6) is -1.68. The van der Waals surface area contributed by atoms with E-state index in [1.807, 2.05) is 35.7 Å². The second-order valence-electron chi connectivity index (χ2n) is 7.67. The number of alkyl halides is 3. The Morgan fingerprint density at radius 2 is 1.85 bits per heavy atom. The van der Waals surface area contributed by atoms with Gasteiger partial charge in [-0.15, -0.1) is 11.3 Å². The van der Waals surface area contributed by atoms with Crippen LogP contribution >= 0.6 is 11.3 Å². The number of carbonyl (C=O) groups is 2. The molecule has 0 fully saturated rings. The molecule has 3 N–H and O–H groups in total. The molecule has 2 aromatic heterocycles. The smallest absolute Gasteiger partial charge is 0.430 e. The van der Waals surface area contributed by atoms with Crippen LogP contribution in [0.25, 0.3) is 22.6 Å². The number of hydrogen-bond donors (Lipinski definition) is 2. The predicted molar refractivity (Wildman–Crippen MR) is 120 cm³/mol. The third kappa shape index (κ3) is 6.64. The summed E-state index contributed by atoms with van der Waals surface area (Å²) in [5, 5.41) is 13.7. The van der Waals surface area contributed by atoms with Crippen LogP contribution in [-0.4, -0.2) is 28.0 Å². The number of aliphatic carboxylic acids is 1. The fraction of sp³-hybridized carbons (Fsp3) is 0.217. The highest BCUT2D eigenvalue weighted by atomic mass is 32.1. The number of aromatic nitrogens is 3. The van der Waals surface area contributed by atoms with Gasteiger partial charge in [-0.1, -0.05) is 38.1 Å². The molecule has 7 nitrogen and oxygen atoms in total. The zero-order valence-electron chi connectivity index (χ0n) is 18.2. The Bertz CT molecular complexity index is 1270. The van der Waals surface area contributed by atoms with Crippen molar-refractivity contribution in [3.8, 4) is 11.5 Å². The number of carboxylic acids is 1. The average molecular weight is 491 g/mol. The summed E-state index contributed by atoms with van der Waals surface area (Å²) in [6.07, 6.45) is -4.84. The number of thiazole rings is 1. The van der Waals surface area contributed by atoms with E-state index >= 15 is 0 Å².